The molecule has 0 bridgehead atoms. The number of carbonyl (C=O) groups excluding carboxylic acids is 3. The zero-order valence-electron chi connectivity index (χ0n) is 15.2. The molecule has 0 radical (unpaired) electrons. The molecule has 3 heterocycles. The van der Waals surface area contributed by atoms with Crippen LogP contribution >= 0.6 is 23.5 Å². The summed E-state index contributed by atoms with van der Waals surface area (Å²) in [4.78, 5) is 39.9. The molecule has 3 rings (SSSR count). The number of carbonyl (C=O) groups is 3. The highest BCUT2D eigenvalue weighted by Gasteiger charge is 2.52. The van der Waals surface area contributed by atoms with Crippen molar-refractivity contribution in [3.63, 3.8) is 0 Å². The van der Waals surface area contributed by atoms with Gasteiger partial charge in [-0.3, -0.25) is 9.59 Å². The summed E-state index contributed by atoms with van der Waals surface area (Å²) < 4.78 is 11.1. The standard InChI is InChI=1S/C18H21NO5S2/c1-5-23-16(21)12-10-7-9(3)8-11-15(17(22)24-6-2)26-18(25-4)13(14(12)20)19(10)11/h7,11,15H,5-6,8H2,1-4H3/t11-,15+/m0/s1. The van der Waals surface area contributed by atoms with Crippen molar-refractivity contribution in [3.05, 3.63) is 32.9 Å². The van der Waals surface area contributed by atoms with Crippen molar-refractivity contribution < 1.29 is 23.9 Å². The molecule has 0 aromatic heterocycles. The summed E-state index contributed by atoms with van der Waals surface area (Å²) in [7, 11) is 0. The second kappa shape index (κ2) is 7.52. The first-order chi connectivity index (χ1) is 12.4. The lowest BCUT2D eigenvalue weighted by atomic mass is 9.96. The van der Waals surface area contributed by atoms with E-state index >= 15 is 0 Å². The van der Waals surface area contributed by atoms with Crippen LogP contribution in [0.5, 0.6) is 0 Å². The SMILES string of the molecule is CCOC(=O)C1=C2C=C(C)C[C@H]3[C@H](C(=O)OCC)SC(SC)=C(C1=O)N23. The lowest BCUT2D eigenvalue weighted by Gasteiger charge is -2.42. The second-order valence-electron chi connectivity index (χ2n) is 6.07. The molecule has 0 aromatic carbocycles. The third-order valence-corrected chi connectivity index (χ3v) is 6.93. The van der Waals surface area contributed by atoms with Gasteiger partial charge in [-0.05, 0) is 39.5 Å². The quantitative estimate of drug-likeness (QED) is 0.520. The van der Waals surface area contributed by atoms with Crippen molar-refractivity contribution in [2.45, 2.75) is 38.5 Å². The molecule has 0 aliphatic carbocycles. The van der Waals surface area contributed by atoms with Gasteiger partial charge in [-0.2, -0.15) is 0 Å². The maximum Gasteiger partial charge on any atom is 0.344 e. The Morgan fingerprint density at radius 3 is 2.62 bits per heavy atom. The number of thioether (sulfide) groups is 2. The topological polar surface area (TPSA) is 72.9 Å². The highest BCUT2D eigenvalue weighted by molar-refractivity contribution is 8.22. The van der Waals surface area contributed by atoms with Gasteiger partial charge in [0, 0.05) is 0 Å². The van der Waals surface area contributed by atoms with E-state index in [1.807, 2.05) is 24.2 Å². The molecule has 0 saturated heterocycles. The highest BCUT2D eigenvalue weighted by atomic mass is 32.2. The highest BCUT2D eigenvalue weighted by Crippen LogP contribution is 2.51. The minimum atomic E-state index is -0.614. The van der Waals surface area contributed by atoms with E-state index < -0.39 is 11.2 Å². The first kappa shape index (κ1) is 19.1. The molecule has 2 atom stereocenters. The van der Waals surface area contributed by atoms with Gasteiger partial charge < -0.3 is 14.4 Å². The molecular formula is C18H21NO5S2. The maximum atomic E-state index is 13.0. The molecule has 0 unspecified atom stereocenters. The van der Waals surface area contributed by atoms with Gasteiger partial charge in [0.15, 0.2) is 0 Å². The number of hydrogen-bond donors (Lipinski definition) is 0. The van der Waals surface area contributed by atoms with Gasteiger partial charge >= 0.3 is 11.9 Å². The normalized spacial score (nSPS) is 24.5. The Kier molecular flexibility index (Phi) is 5.53. The Morgan fingerprint density at radius 1 is 1.31 bits per heavy atom. The third-order valence-electron chi connectivity index (χ3n) is 4.41. The molecule has 3 aliphatic rings. The van der Waals surface area contributed by atoms with Crippen molar-refractivity contribution in [3.8, 4) is 0 Å². The monoisotopic (exact) mass is 395 g/mol. The van der Waals surface area contributed by atoms with Crippen molar-refractivity contribution in [1.29, 1.82) is 0 Å². The van der Waals surface area contributed by atoms with Crippen LogP contribution in [0.15, 0.2) is 32.9 Å². The van der Waals surface area contributed by atoms with Crippen LogP contribution in [0.1, 0.15) is 27.2 Å². The predicted octanol–water partition coefficient (Wildman–Crippen LogP) is 2.62. The Hall–Kier alpha value is -1.67. The molecule has 3 aliphatic heterocycles. The van der Waals surface area contributed by atoms with E-state index in [4.69, 9.17) is 9.47 Å². The number of esters is 2. The van der Waals surface area contributed by atoms with E-state index in [2.05, 4.69) is 0 Å². The van der Waals surface area contributed by atoms with Gasteiger partial charge in [-0.15, -0.1) is 11.8 Å². The lowest BCUT2D eigenvalue weighted by molar-refractivity contribution is -0.143. The maximum absolute atomic E-state index is 13.0. The van der Waals surface area contributed by atoms with Gasteiger partial charge in [-0.25, -0.2) is 4.79 Å². The Balaban J connectivity index is 2.15. The van der Waals surface area contributed by atoms with Crippen LogP contribution in [0.4, 0.5) is 0 Å². The number of hydrogen-bond acceptors (Lipinski definition) is 8. The van der Waals surface area contributed by atoms with Gasteiger partial charge in [0.25, 0.3) is 0 Å². The van der Waals surface area contributed by atoms with Crippen molar-refractivity contribution in [1.82, 2.24) is 4.90 Å². The van der Waals surface area contributed by atoms with E-state index in [1.54, 1.807) is 13.8 Å². The molecule has 0 fully saturated rings. The van der Waals surface area contributed by atoms with Crippen LogP contribution in [0.25, 0.3) is 0 Å². The van der Waals surface area contributed by atoms with Crippen LogP contribution in [-0.4, -0.2) is 53.4 Å². The number of Topliss-reactive ketones (excluding diaryl/α,β-unsaturated/α-hetero) is 1. The van der Waals surface area contributed by atoms with E-state index in [0.29, 0.717) is 24.4 Å². The first-order valence-electron chi connectivity index (χ1n) is 8.48. The molecule has 8 heteroatoms. The minimum absolute atomic E-state index is 0.0579. The number of ether oxygens (including phenoxy) is 2. The van der Waals surface area contributed by atoms with Gasteiger partial charge in [0.05, 0.1) is 29.2 Å². The zero-order valence-corrected chi connectivity index (χ0v) is 16.8. The van der Waals surface area contributed by atoms with Crippen molar-refractivity contribution in [2.24, 2.45) is 0 Å². The number of nitrogens with zero attached hydrogens (tertiary/aromatic N) is 1. The fraction of sp³-hybridized carbons (Fsp3) is 0.500. The Labute approximate surface area is 161 Å². The van der Waals surface area contributed by atoms with Crippen LogP contribution in [0.3, 0.4) is 0 Å². The Bertz CT molecular complexity index is 768. The van der Waals surface area contributed by atoms with E-state index in [1.165, 1.54) is 23.5 Å². The second-order valence-corrected chi connectivity index (χ2v) is 8.30. The number of allylic oxidation sites excluding steroid dienone is 2. The zero-order chi connectivity index (χ0) is 19.0. The fourth-order valence-electron chi connectivity index (χ4n) is 3.44. The minimum Gasteiger partial charge on any atom is -0.465 e. The van der Waals surface area contributed by atoms with Crippen LogP contribution in [0, 0.1) is 0 Å². The molecule has 0 N–H and O–H groups in total. The summed E-state index contributed by atoms with van der Waals surface area (Å²) >= 11 is 2.76. The van der Waals surface area contributed by atoms with Crippen molar-refractivity contribution >= 4 is 41.2 Å². The summed E-state index contributed by atoms with van der Waals surface area (Å²) in [6, 6.07) is -0.249. The van der Waals surface area contributed by atoms with E-state index in [-0.39, 0.29) is 30.0 Å². The van der Waals surface area contributed by atoms with Crippen LogP contribution in [-0.2, 0) is 23.9 Å². The molecule has 0 aromatic rings. The molecule has 0 spiro atoms. The summed E-state index contributed by atoms with van der Waals surface area (Å²) in [5.74, 6) is -1.23. The summed E-state index contributed by atoms with van der Waals surface area (Å²) in [5, 5.41) is -0.450. The van der Waals surface area contributed by atoms with Gasteiger partial charge in [-0.1, -0.05) is 17.3 Å². The van der Waals surface area contributed by atoms with Gasteiger partial charge in [0.2, 0.25) is 5.78 Å². The Morgan fingerprint density at radius 2 is 2.00 bits per heavy atom. The van der Waals surface area contributed by atoms with E-state index in [9.17, 15) is 14.4 Å². The summed E-state index contributed by atoms with van der Waals surface area (Å²) in [5.41, 5.74) is 2.09. The molecule has 0 saturated carbocycles. The average molecular weight is 396 g/mol. The van der Waals surface area contributed by atoms with Gasteiger partial charge in [0.1, 0.15) is 16.5 Å². The smallest absolute Gasteiger partial charge is 0.344 e. The van der Waals surface area contributed by atoms with E-state index in [0.717, 1.165) is 9.81 Å². The fourth-order valence-corrected chi connectivity index (χ4v) is 5.60. The molecular weight excluding hydrogens is 374 g/mol. The molecule has 140 valence electrons. The average Bonchev–Trinajstić information content (AvgIpc) is 2.89. The predicted molar refractivity (Wildman–Crippen MR) is 101 cm³/mol. The third kappa shape index (κ3) is 2.99. The molecule has 0 amide bonds. The van der Waals surface area contributed by atoms with Crippen LogP contribution in [0.2, 0.25) is 0 Å². The first-order valence-corrected chi connectivity index (χ1v) is 10.6. The summed E-state index contributed by atoms with van der Waals surface area (Å²) in [6.45, 7) is 5.93. The molecule has 6 nitrogen and oxygen atoms in total. The molecule has 26 heavy (non-hydrogen) atoms. The largest absolute Gasteiger partial charge is 0.465 e. The van der Waals surface area contributed by atoms with Crippen LogP contribution < -0.4 is 0 Å². The lowest BCUT2D eigenvalue weighted by Crippen LogP contribution is -2.48. The van der Waals surface area contributed by atoms with Crippen molar-refractivity contribution in [2.75, 3.05) is 19.5 Å². The summed E-state index contributed by atoms with van der Waals surface area (Å²) in [6.07, 6.45) is 4.34. The number of ketones is 1. The number of rotatable bonds is 5.